The molecule has 2 heterocycles. The number of nitrogens with zero attached hydrogens (tertiary/aromatic N) is 2. The van der Waals surface area contributed by atoms with Crippen molar-refractivity contribution in [2.45, 2.75) is 24.8 Å². The molecular weight excluding hydrogens is 423 g/mol. The molecule has 8 heteroatoms. The quantitative estimate of drug-likeness (QED) is 0.700. The summed E-state index contributed by atoms with van der Waals surface area (Å²) < 4.78 is 24.3. The van der Waals surface area contributed by atoms with E-state index < -0.39 is 9.84 Å². The molecular formula is C19H18Cl2N2O2S2. The molecule has 0 amide bonds. The van der Waals surface area contributed by atoms with Crippen molar-refractivity contribution >= 4 is 55.7 Å². The van der Waals surface area contributed by atoms with Crippen molar-refractivity contribution < 1.29 is 8.42 Å². The van der Waals surface area contributed by atoms with Crippen molar-refractivity contribution in [3.8, 4) is 0 Å². The van der Waals surface area contributed by atoms with E-state index in [2.05, 4.69) is 19.1 Å². The summed E-state index contributed by atoms with van der Waals surface area (Å²) in [6.45, 7) is 2.09. The number of halogens is 2. The second kappa shape index (κ2) is 7.32. The molecule has 0 radical (unpaired) electrons. The van der Waals surface area contributed by atoms with Gasteiger partial charge in [0.1, 0.15) is 0 Å². The summed E-state index contributed by atoms with van der Waals surface area (Å²) in [5.74, 6) is 0.957. The van der Waals surface area contributed by atoms with E-state index in [1.54, 1.807) is 17.8 Å². The van der Waals surface area contributed by atoms with E-state index in [-0.39, 0.29) is 23.6 Å². The maximum Gasteiger partial charge on any atom is 0.164 e. The highest BCUT2D eigenvalue weighted by Crippen LogP contribution is 2.38. The van der Waals surface area contributed by atoms with Gasteiger partial charge in [-0.3, -0.25) is 4.99 Å². The Kier molecular flexibility index (Phi) is 5.18. The van der Waals surface area contributed by atoms with E-state index in [4.69, 9.17) is 28.2 Å². The molecule has 2 aromatic carbocycles. The van der Waals surface area contributed by atoms with Crippen LogP contribution in [-0.2, 0) is 15.6 Å². The number of rotatable bonds is 3. The van der Waals surface area contributed by atoms with Gasteiger partial charge < -0.3 is 4.90 Å². The monoisotopic (exact) mass is 440 g/mol. The number of sulfone groups is 1. The second-order valence-corrected chi connectivity index (χ2v) is 10.8. The zero-order chi connectivity index (χ0) is 19.2. The number of fused-ring (bicyclic) bond motifs is 1. The Labute approximate surface area is 173 Å². The number of thioether (sulfide) groups is 1. The first-order valence-electron chi connectivity index (χ1n) is 8.53. The third-order valence-electron chi connectivity index (χ3n) is 4.85. The van der Waals surface area contributed by atoms with Crippen LogP contribution in [0, 0.1) is 6.92 Å². The van der Waals surface area contributed by atoms with Gasteiger partial charge in [-0.05, 0) is 36.2 Å². The molecule has 1 saturated heterocycles. The number of aliphatic imine (C=N–C) groups is 1. The Morgan fingerprint density at radius 1 is 1.15 bits per heavy atom. The van der Waals surface area contributed by atoms with Crippen LogP contribution in [0.4, 0.5) is 5.69 Å². The molecule has 0 aromatic heterocycles. The molecule has 0 unspecified atom stereocenters. The van der Waals surface area contributed by atoms with Crippen LogP contribution in [0.3, 0.4) is 0 Å². The average Bonchev–Trinajstić information content (AvgIpc) is 3.04. The average molecular weight is 441 g/mol. The van der Waals surface area contributed by atoms with Gasteiger partial charge in [0.25, 0.3) is 0 Å². The fourth-order valence-electron chi connectivity index (χ4n) is 3.53. The Morgan fingerprint density at radius 2 is 1.85 bits per heavy atom. The van der Waals surface area contributed by atoms with Crippen molar-refractivity contribution in [2.75, 3.05) is 16.4 Å². The van der Waals surface area contributed by atoms with Gasteiger partial charge >= 0.3 is 0 Å². The van der Waals surface area contributed by atoms with Crippen LogP contribution in [0.25, 0.3) is 0 Å². The Hall–Kier alpha value is -1.21. The van der Waals surface area contributed by atoms with Crippen molar-refractivity contribution in [1.29, 1.82) is 0 Å². The van der Waals surface area contributed by atoms with Gasteiger partial charge in [-0.15, -0.1) is 0 Å². The minimum Gasteiger partial charge on any atom is -0.315 e. The highest BCUT2D eigenvalue weighted by Gasteiger charge is 2.47. The third-order valence-corrected chi connectivity index (χ3v) is 8.00. The predicted octanol–water partition coefficient (Wildman–Crippen LogP) is 4.58. The largest absolute Gasteiger partial charge is 0.315 e. The van der Waals surface area contributed by atoms with Gasteiger partial charge in [0.2, 0.25) is 0 Å². The van der Waals surface area contributed by atoms with Crippen molar-refractivity contribution in [2.24, 2.45) is 4.99 Å². The summed E-state index contributed by atoms with van der Waals surface area (Å²) in [6, 6.07) is 13.1. The highest BCUT2D eigenvalue weighted by molar-refractivity contribution is 8.13. The van der Waals surface area contributed by atoms with Crippen LogP contribution in [-0.4, -0.2) is 37.2 Å². The molecule has 0 saturated carbocycles. The van der Waals surface area contributed by atoms with E-state index in [9.17, 15) is 8.42 Å². The minimum absolute atomic E-state index is 0.0941. The van der Waals surface area contributed by atoms with Crippen molar-refractivity contribution in [3.63, 3.8) is 0 Å². The lowest BCUT2D eigenvalue weighted by Gasteiger charge is -2.27. The standard InChI is InChI=1S/C19H18Cl2N2O2S2/c1-12-4-2-3-5-13(12)9-26-19-22-17-10-27(24,25)11-18(17)23(19)16-7-14(20)6-15(21)8-16/h2-8,17-18H,9-11H2,1H3/t17-,18+/m0/s1. The number of benzene rings is 2. The molecule has 2 aromatic rings. The molecule has 2 aliphatic heterocycles. The fourth-order valence-corrected chi connectivity index (χ4v) is 7.09. The number of hydrogen-bond donors (Lipinski definition) is 0. The Balaban J connectivity index is 1.66. The van der Waals surface area contributed by atoms with E-state index in [1.165, 1.54) is 11.1 Å². The van der Waals surface area contributed by atoms with Crippen LogP contribution < -0.4 is 4.90 Å². The summed E-state index contributed by atoms with van der Waals surface area (Å²) in [7, 11) is -3.09. The summed E-state index contributed by atoms with van der Waals surface area (Å²) >= 11 is 14.0. The molecule has 2 atom stereocenters. The molecule has 0 aliphatic carbocycles. The predicted molar refractivity (Wildman–Crippen MR) is 115 cm³/mol. The molecule has 0 spiro atoms. The SMILES string of the molecule is Cc1ccccc1CSC1=N[C@H]2CS(=O)(=O)C[C@H]2N1c1cc(Cl)cc(Cl)c1. The van der Waals surface area contributed by atoms with Crippen molar-refractivity contribution in [1.82, 2.24) is 0 Å². The second-order valence-electron chi connectivity index (χ2n) is 6.84. The molecule has 27 heavy (non-hydrogen) atoms. The van der Waals surface area contributed by atoms with Gasteiger partial charge in [-0.2, -0.15) is 0 Å². The number of aryl methyl sites for hydroxylation is 1. The van der Waals surface area contributed by atoms with Gasteiger partial charge in [-0.25, -0.2) is 8.42 Å². The zero-order valence-electron chi connectivity index (χ0n) is 14.6. The molecule has 2 aliphatic rings. The van der Waals surface area contributed by atoms with Crippen LogP contribution in [0.1, 0.15) is 11.1 Å². The Bertz CT molecular complexity index is 1000. The molecule has 0 bridgehead atoms. The summed E-state index contributed by atoms with van der Waals surface area (Å²) in [6.07, 6.45) is 0. The molecule has 1 fully saturated rings. The van der Waals surface area contributed by atoms with E-state index >= 15 is 0 Å². The summed E-state index contributed by atoms with van der Waals surface area (Å²) in [5, 5.41) is 1.86. The third kappa shape index (κ3) is 3.99. The fraction of sp³-hybridized carbons (Fsp3) is 0.316. The minimum atomic E-state index is -3.09. The number of anilines is 1. The maximum atomic E-state index is 12.1. The molecule has 0 N–H and O–H groups in total. The number of hydrogen-bond acceptors (Lipinski definition) is 5. The van der Waals surface area contributed by atoms with Gasteiger partial charge in [-0.1, -0.05) is 59.2 Å². The van der Waals surface area contributed by atoms with E-state index in [1.807, 2.05) is 29.2 Å². The van der Waals surface area contributed by atoms with Gasteiger partial charge in [0.15, 0.2) is 15.0 Å². The molecule has 4 rings (SSSR count). The maximum absolute atomic E-state index is 12.1. The lowest BCUT2D eigenvalue weighted by atomic mass is 10.1. The first-order valence-corrected chi connectivity index (χ1v) is 12.1. The van der Waals surface area contributed by atoms with Crippen LogP contribution in [0.15, 0.2) is 47.5 Å². The number of amidine groups is 1. The van der Waals surface area contributed by atoms with Crippen molar-refractivity contribution in [3.05, 3.63) is 63.6 Å². The first-order chi connectivity index (χ1) is 12.8. The summed E-state index contributed by atoms with van der Waals surface area (Å²) in [5.41, 5.74) is 3.25. The van der Waals surface area contributed by atoms with Crippen LogP contribution >= 0.6 is 35.0 Å². The van der Waals surface area contributed by atoms with E-state index in [0.29, 0.717) is 10.0 Å². The molecule has 4 nitrogen and oxygen atoms in total. The normalized spacial score (nSPS) is 23.4. The van der Waals surface area contributed by atoms with Gasteiger partial charge in [0, 0.05) is 21.5 Å². The Morgan fingerprint density at radius 3 is 2.56 bits per heavy atom. The smallest absolute Gasteiger partial charge is 0.164 e. The van der Waals surface area contributed by atoms with Gasteiger partial charge in [0.05, 0.1) is 23.6 Å². The van der Waals surface area contributed by atoms with Crippen LogP contribution in [0.5, 0.6) is 0 Å². The van der Waals surface area contributed by atoms with E-state index in [0.717, 1.165) is 16.6 Å². The topological polar surface area (TPSA) is 49.7 Å². The lowest BCUT2D eigenvalue weighted by Crippen LogP contribution is -2.39. The van der Waals surface area contributed by atoms with Crippen LogP contribution in [0.2, 0.25) is 10.0 Å². The highest BCUT2D eigenvalue weighted by atomic mass is 35.5. The molecule has 142 valence electrons. The first kappa shape index (κ1) is 19.1. The summed E-state index contributed by atoms with van der Waals surface area (Å²) in [4.78, 5) is 6.74. The zero-order valence-corrected chi connectivity index (χ0v) is 17.7. The lowest BCUT2D eigenvalue weighted by molar-refractivity contribution is 0.601.